The molecule has 0 saturated heterocycles. The molecule has 0 unspecified atom stereocenters. The lowest BCUT2D eigenvalue weighted by molar-refractivity contribution is 0.496. The Balaban J connectivity index is 1.75. The van der Waals surface area contributed by atoms with Gasteiger partial charge in [0.15, 0.2) is 0 Å². The van der Waals surface area contributed by atoms with Gasteiger partial charge in [-0.1, -0.05) is 0 Å². The van der Waals surface area contributed by atoms with E-state index in [4.69, 9.17) is 4.42 Å². The highest BCUT2D eigenvalue weighted by atomic mass is 79.9. The van der Waals surface area contributed by atoms with Crippen molar-refractivity contribution < 1.29 is 4.42 Å². The first-order chi connectivity index (χ1) is 5.86. The van der Waals surface area contributed by atoms with Crippen LogP contribution in [0.15, 0.2) is 21.2 Å². The predicted octanol–water partition coefficient (Wildman–Crippen LogP) is 2.34. The minimum absolute atomic E-state index is 0.790. The van der Waals surface area contributed by atoms with Crippen LogP contribution in [0.1, 0.15) is 18.6 Å². The minimum atomic E-state index is 0.790. The third kappa shape index (κ3) is 2.11. The summed E-state index contributed by atoms with van der Waals surface area (Å²) in [6, 6.07) is 2.73. The van der Waals surface area contributed by atoms with Crippen molar-refractivity contribution in [1.82, 2.24) is 5.32 Å². The average molecular weight is 230 g/mol. The molecule has 0 atom stereocenters. The van der Waals surface area contributed by atoms with Gasteiger partial charge < -0.3 is 9.73 Å². The van der Waals surface area contributed by atoms with Crippen LogP contribution in [0.4, 0.5) is 0 Å². The molecule has 1 fully saturated rings. The van der Waals surface area contributed by atoms with Crippen LogP contribution in [0.25, 0.3) is 0 Å². The second-order valence-corrected chi connectivity index (χ2v) is 4.02. The first-order valence-corrected chi connectivity index (χ1v) is 5.11. The summed E-state index contributed by atoms with van der Waals surface area (Å²) in [6.07, 6.45) is 5.39. The Morgan fingerprint density at radius 1 is 1.58 bits per heavy atom. The number of nitrogens with one attached hydrogen (secondary N) is 1. The van der Waals surface area contributed by atoms with Crippen molar-refractivity contribution in [2.75, 3.05) is 6.54 Å². The number of hydrogen-bond acceptors (Lipinski definition) is 2. The maximum atomic E-state index is 5.28. The van der Waals surface area contributed by atoms with E-state index in [1.54, 1.807) is 6.26 Å². The average Bonchev–Trinajstić information content (AvgIpc) is 2.78. The van der Waals surface area contributed by atoms with E-state index in [0.29, 0.717) is 0 Å². The smallest absolute Gasteiger partial charge is 0.119 e. The third-order valence-electron chi connectivity index (χ3n) is 2.05. The number of furan rings is 1. The molecule has 3 heteroatoms. The van der Waals surface area contributed by atoms with Gasteiger partial charge in [-0.05, 0) is 34.8 Å². The molecule has 0 aliphatic heterocycles. The summed E-state index contributed by atoms with van der Waals surface area (Å²) < 4.78 is 6.36. The van der Waals surface area contributed by atoms with Gasteiger partial charge in [0, 0.05) is 19.0 Å². The topological polar surface area (TPSA) is 25.2 Å². The molecule has 1 aromatic heterocycles. The highest BCUT2D eigenvalue weighted by Gasteiger charge is 2.19. The lowest BCUT2D eigenvalue weighted by atomic mass is 10.3. The number of rotatable bonds is 4. The zero-order valence-corrected chi connectivity index (χ0v) is 8.43. The Bertz CT molecular complexity index is 255. The molecule has 1 aliphatic rings. The predicted molar refractivity (Wildman–Crippen MR) is 51.1 cm³/mol. The summed E-state index contributed by atoms with van der Waals surface area (Å²) in [6.45, 7) is 1.02. The fourth-order valence-electron chi connectivity index (χ4n) is 1.18. The maximum absolute atomic E-state index is 5.28. The third-order valence-corrected chi connectivity index (χ3v) is 2.76. The monoisotopic (exact) mass is 229 g/mol. The van der Waals surface area contributed by atoms with E-state index < -0.39 is 0 Å². The van der Waals surface area contributed by atoms with Gasteiger partial charge in [0.1, 0.15) is 5.76 Å². The van der Waals surface area contributed by atoms with Gasteiger partial charge in [-0.15, -0.1) is 0 Å². The zero-order valence-electron chi connectivity index (χ0n) is 6.85. The van der Waals surface area contributed by atoms with Crippen LogP contribution >= 0.6 is 15.9 Å². The van der Waals surface area contributed by atoms with Crippen LogP contribution in [-0.4, -0.2) is 12.6 Å². The van der Waals surface area contributed by atoms with Crippen LogP contribution in [0.3, 0.4) is 0 Å². The molecule has 0 amide bonds. The molecule has 0 radical (unpaired) electrons. The van der Waals surface area contributed by atoms with E-state index in [-0.39, 0.29) is 0 Å². The molecule has 1 aromatic rings. The molecule has 66 valence electrons. The van der Waals surface area contributed by atoms with Crippen molar-refractivity contribution in [3.05, 3.63) is 22.6 Å². The SMILES string of the molecule is Brc1ccoc1CCNC1CC1. The molecule has 1 heterocycles. The van der Waals surface area contributed by atoms with Gasteiger partial charge in [0.25, 0.3) is 0 Å². The summed E-state index contributed by atoms with van der Waals surface area (Å²) in [7, 11) is 0. The molecule has 0 spiro atoms. The Morgan fingerprint density at radius 3 is 3.00 bits per heavy atom. The summed E-state index contributed by atoms with van der Waals surface area (Å²) in [5.41, 5.74) is 0. The summed E-state index contributed by atoms with van der Waals surface area (Å²) in [4.78, 5) is 0. The first-order valence-electron chi connectivity index (χ1n) is 4.31. The van der Waals surface area contributed by atoms with E-state index in [1.807, 2.05) is 6.07 Å². The maximum Gasteiger partial charge on any atom is 0.119 e. The van der Waals surface area contributed by atoms with Crippen molar-refractivity contribution >= 4 is 15.9 Å². The van der Waals surface area contributed by atoms with Gasteiger partial charge in [0.05, 0.1) is 10.7 Å². The van der Waals surface area contributed by atoms with Gasteiger partial charge in [-0.3, -0.25) is 0 Å². The molecule has 2 rings (SSSR count). The van der Waals surface area contributed by atoms with Crippen molar-refractivity contribution in [2.24, 2.45) is 0 Å². The van der Waals surface area contributed by atoms with Crippen molar-refractivity contribution in [3.63, 3.8) is 0 Å². The highest BCUT2D eigenvalue weighted by molar-refractivity contribution is 9.10. The molecule has 12 heavy (non-hydrogen) atoms. The normalized spacial score (nSPS) is 16.8. The minimum Gasteiger partial charge on any atom is -0.468 e. The Hall–Kier alpha value is -0.280. The van der Waals surface area contributed by atoms with E-state index in [0.717, 1.165) is 29.2 Å². The van der Waals surface area contributed by atoms with Crippen LogP contribution < -0.4 is 5.32 Å². The Labute approximate surface area is 80.5 Å². The molecule has 2 nitrogen and oxygen atoms in total. The standard InChI is InChI=1S/C9H12BrNO/c10-8-4-6-12-9(8)3-5-11-7-1-2-7/h4,6-7,11H,1-3,5H2. The van der Waals surface area contributed by atoms with Gasteiger partial charge in [0.2, 0.25) is 0 Å². The van der Waals surface area contributed by atoms with E-state index in [9.17, 15) is 0 Å². The second kappa shape index (κ2) is 3.62. The highest BCUT2D eigenvalue weighted by Crippen LogP contribution is 2.20. The van der Waals surface area contributed by atoms with Crippen LogP contribution in [0.5, 0.6) is 0 Å². The summed E-state index contributed by atoms with van der Waals surface area (Å²) >= 11 is 3.43. The Morgan fingerprint density at radius 2 is 2.42 bits per heavy atom. The molecular weight excluding hydrogens is 218 g/mol. The second-order valence-electron chi connectivity index (χ2n) is 3.17. The fraction of sp³-hybridized carbons (Fsp3) is 0.556. The van der Waals surface area contributed by atoms with Crippen LogP contribution in [0, 0.1) is 0 Å². The molecule has 1 saturated carbocycles. The molecule has 0 aromatic carbocycles. The lowest BCUT2D eigenvalue weighted by Crippen LogP contribution is -2.19. The van der Waals surface area contributed by atoms with Gasteiger partial charge in [-0.25, -0.2) is 0 Å². The summed E-state index contributed by atoms with van der Waals surface area (Å²) in [5, 5.41) is 3.44. The quantitative estimate of drug-likeness (QED) is 0.858. The number of hydrogen-bond donors (Lipinski definition) is 1. The molecule has 1 aliphatic carbocycles. The largest absolute Gasteiger partial charge is 0.468 e. The van der Waals surface area contributed by atoms with Crippen molar-refractivity contribution in [2.45, 2.75) is 25.3 Å². The van der Waals surface area contributed by atoms with Crippen LogP contribution in [-0.2, 0) is 6.42 Å². The van der Waals surface area contributed by atoms with Crippen molar-refractivity contribution in [1.29, 1.82) is 0 Å². The zero-order chi connectivity index (χ0) is 8.39. The summed E-state index contributed by atoms with van der Waals surface area (Å²) in [5.74, 6) is 1.04. The lowest BCUT2D eigenvalue weighted by Gasteiger charge is -1.99. The molecule has 1 N–H and O–H groups in total. The van der Waals surface area contributed by atoms with Crippen molar-refractivity contribution in [3.8, 4) is 0 Å². The van der Waals surface area contributed by atoms with Gasteiger partial charge >= 0.3 is 0 Å². The van der Waals surface area contributed by atoms with E-state index in [2.05, 4.69) is 21.2 Å². The van der Waals surface area contributed by atoms with E-state index >= 15 is 0 Å². The van der Waals surface area contributed by atoms with Gasteiger partial charge in [-0.2, -0.15) is 0 Å². The molecule has 0 bridgehead atoms. The number of halogens is 1. The van der Waals surface area contributed by atoms with E-state index in [1.165, 1.54) is 12.8 Å². The van der Waals surface area contributed by atoms with Crippen LogP contribution in [0.2, 0.25) is 0 Å². The molecular formula is C9H12BrNO. The Kier molecular flexibility index (Phi) is 2.51. The fourth-order valence-corrected chi connectivity index (χ4v) is 1.58. The first kappa shape index (κ1) is 8.32.